The molecule has 0 N–H and O–H groups in total. The summed E-state index contributed by atoms with van der Waals surface area (Å²) in [6, 6.07) is 3.31. The van der Waals surface area contributed by atoms with E-state index >= 15 is 0 Å². The highest BCUT2D eigenvalue weighted by Crippen LogP contribution is 1.95. The van der Waals surface area contributed by atoms with E-state index in [9.17, 15) is 4.79 Å². The molecule has 1 aromatic heterocycles. The second-order valence-electron chi connectivity index (χ2n) is 1.79. The number of nitrogens with zero attached hydrogens (tertiary/aromatic N) is 1. The van der Waals surface area contributed by atoms with E-state index in [0.29, 0.717) is 5.56 Å². The zero-order chi connectivity index (χ0) is 6.69. The van der Waals surface area contributed by atoms with Gasteiger partial charge in [-0.15, -0.1) is 0 Å². The van der Waals surface area contributed by atoms with Crippen molar-refractivity contribution in [3.05, 3.63) is 29.6 Å². The molecule has 1 radical (unpaired) electrons. The van der Waals surface area contributed by atoms with E-state index in [2.05, 4.69) is 4.98 Å². The van der Waals surface area contributed by atoms with Crippen LogP contribution in [0.15, 0.2) is 18.3 Å². The average molecular weight is 120 g/mol. The SMILES string of the molecule is Cc1cc([C]=O)ccn1. The van der Waals surface area contributed by atoms with Crippen LogP contribution in [0.2, 0.25) is 0 Å². The van der Waals surface area contributed by atoms with Crippen LogP contribution in [0.1, 0.15) is 11.3 Å². The predicted molar refractivity (Wildman–Crippen MR) is 33.8 cm³/mol. The molecule has 0 saturated heterocycles. The Labute approximate surface area is 53.5 Å². The van der Waals surface area contributed by atoms with E-state index in [1.807, 2.05) is 6.92 Å². The molecule has 0 aliphatic carbocycles. The number of hydrogen-bond donors (Lipinski definition) is 0. The molecule has 0 aliphatic rings. The number of carbonyl (C=O) groups excluding carboxylic acids is 1. The van der Waals surface area contributed by atoms with Gasteiger partial charge in [0, 0.05) is 17.5 Å². The summed E-state index contributed by atoms with van der Waals surface area (Å²) >= 11 is 0. The first-order valence-electron chi connectivity index (χ1n) is 2.64. The molecular formula is C7H6NO. The molecule has 0 aliphatic heterocycles. The molecule has 1 aromatic rings. The van der Waals surface area contributed by atoms with Gasteiger partial charge in [0.15, 0.2) is 0 Å². The Balaban J connectivity index is 3.07. The third kappa shape index (κ3) is 1.35. The lowest BCUT2D eigenvalue weighted by Gasteiger charge is -1.88. The molecule has 0 atom stereocenters. The Morgan fingerprint density at radius 3 is 2.89 bits per heavy atom. The van der Waals surface area contributed by atoms with Gasteiger partial charge in [-0.25, -0.2) is 0 Å². The summed E-state index contributed by atoms with van der Waals surface area (Å²) in [6.07, 6.45) is 3.37. The van der Waals surface area contributed by atoms with Gasteiger partial charge in [-0.2, -0.15) is 0 Å². The van der Waals surface area contributed by atoms with Crippen molar-refractivity contribution in [2.24, 2.45) is 0 Å². The fourth-order valence-electron chi connectivity index (χ4n) is 0.609. The van der Waals surface area contributed by atoms with Crippen molar-refractivity contribution in [1.82, 2.24) is 4.98 Å². The van der Waals surface area contributed by atoms with Gasteiger partial charge in [0.2, 0.25) is 6.29 Å². The van der Waals surface area contributed by atoms with E-state index in [0.717, 1.165) is 5.69 Å². The quantitative estimate of drug-likeness (QED) is 0.549. The summed E-state index contributed by atoms with van der Waals surface area (Å²) in [7, 11) is 0. The lowest BCUT2D eigenvalue weighted by molar-refractivity contribution is 0.562. The maximum Gasteiger partial charge on any atom is 0.233 e. The van der Waals surface area contributed by atoms with E-state index < -0.39 is 0 Å². The molecule has 1 heterocycles. The Hall–Kier alpha value is -1.18. The summed E-state index contributed by atoms with van der Waals surface area (Å²) in [5.41, 5.74) is 1.40. The topological polar surface area (TPSA) is 30.0 Å². The molecule has 0 bridgehead atoms. The normalized spacial score (nSPS) is 9.00. The Bertz CT molecular complexity index is 220. The fourth-order valence-corrected chi connectivity index (χ4v) is 0.609. The van der Waals surface area contributed by atoms with Gasteiger partial charge >= 0.3 is 0 Å². The fraction of sp³-hybridized carbons (Fsp3) is 0.143. The van der Waals surface area contributed by atoms with Crippen LogP contribution < -0.4 is 0 Å². The second-order valence-corrected chi connectivity index (χ2v) is 1.79. The molecule has 0 spiro atoms. The van der Waals surface area contributed by atoms with Crippen LogP contribution in [0, 0.1) is 6.92 Å². The smallest absolute Gasteiger partial charge is 0.233 e. The number of hydrogen-bond acceptors (Lipinski definition) is 2. The van der Waals surface area contributed by atoms with Gasteiger partial charge in [0.25, 0.3) is 0 Å². The van der Waals surface area contributed by atoms with Gasteiger partial charge < -0.3 is 0 Å². The third-order valence-electron chi connectivity index (χ3n) is 1.01. The monoisotopic (exact) mass is 120 g/mol. The molecular weight excluding hydrogens is 114 g/mol. The van der Waals surface area contributed by atoms with Gasteiger partial charge in [0.1, 0.15) is 0 Å². The number of aromatic nitrogens is 1. The highest BCUT2D eigenvalue weighted by molar-refractivity contribution is 5.74. The molecule has 0 fully saturated rings. The minimum Gasteiger partial charge on any atom is -0.285 e. The molecule has 0 unspecified atom stereocenters. The van der Waals surface area contributed by atoms with Gasteiger partial charge in [0.05, 0.1) is 0 Å². The highest BCUT2D eigenvalue weighted by Gasteiger charge is 1.88. The van der Waals surface area contributed by atoms with Crippen molar-refractivity contribution in [2.75, 3.05) is 0 Å². The minimum atomic E-state index is 0.558. The highest BCUT2D eigenvalue weighted by atomic mass is 16.1. The maximum atomic E-state index is 10.0. The Morgan fingerprint density at radius 1 is 1.67 bits per heavy atom. The van der Waals surface area contributed by atoms with E-state index in [1.54, 1.807) is 24.6 Å². The van der Waals surface area contributed by atoms with Gasteiger partial charge in [-0.3, -0.25) is 9.78 Å². The van der Waals surface area contributed by atoms with E-state index in [-0.39, 0.29) is 0 Å². The van der Waals surface area contributed by atoms with Gasteiger partial charge in [-0.1, -0.05) is 0 Å². The van der Waals surface area contributed by atoms with Gasteiger partial charge in [-0.05, 0) is 19.1 Å². The van der Waals surface area contributed by atoms with Crippen LogP contribution in [-0.2, 0) is 4.79 Å². The van der Waals surface area contributed by atoms with Crippen molar-refractivity contribution >= 4 is 6.29 Å². The Kier molecular flexibility index (Phi) is 1.58. The summed E-state index contributed by atoms with van der Waals surface area (Å²) in [5, 5.41) is 0. The summed E-state index contributed by atoms with van der Waals surface area (Å²) in [4.78, 5) is 13.9. The van der Waals surface area contributed by atoms with E-state index in [4.69, 9.17) is 0 Å². The van der Waals surface area contributed by atoms with Crippen LogP contribution >= 0.6 is 0 Å². The third-order valence-corrected chi connectivity index (χ3v) is 1.01. The van der Waals surface area contributed by atoms with Crippen molar-refractivity contribution < 1.29 is 4.79 Å². The average Bonchev–Trinajstić information content (AvgIpc) is 1.88. The molecule has 45 valence electrons. The van der Waals surface area contributed by atoms with Crippen molar-refractivity contribution in [2.45, 2.75) is 6.92 Å². The number of rotatable bonds is 1. The van der Waals surface area contributed by atoms with Crippen LogP contribution in [0.25, 0.3) is 0 Å². The lowest BCUT2D eigenvalue weighted by atomic mass is 10.2. The van der Waals surface area contributed by atoms with Crippen LogP contribution in [0.4, 0.5) is 0 Å². The first kappa shape index (κ1) is 5.95. The van der Waals surface area contributed by atoms with Crippen LogP contribution in [-0.4, -0.2) is 11.3 Å². The number of aryl methyl sites for hydroxylation is 1. The molecule has 9 heavy (non-hydrogen) atoms. The van der Waals surface area contributed by atoms with Crippen molar-refractivity contribution in [3.8, 4) is 0 Å². The number of pyridine rings is 1. The van der Waals surface area contributed by atoms with Crippen molar-refractivity contribution in [3.63, 3.8) is 0 Å². The van der Waals surface area contributed by atoms with Crippen molar-refractivity contribution in [1.29, 1.82) is 0 Å². The Morgan fingerprint density at radius 2 is 2.44 bits per heavy atom. The molecule has 0 aromatic carbocycles. The van der Waals surface area contributed by atoms with Crippen LogP contribution in [0.5, 0.6) is 0 Å². The minimum absolute atomic E-state index is 0.558. The van der Waals surface area contributed by atoms with E-state index in [1.165, 1.54) is 0 Å². The standard InChI is InChI=1S/C7H6NO/c1-6-4-7(5-9)2-3-8-6/h2-4H,1H3. The largest absolute Gasteiger partial charge is 0.285 e. The zero-order valence-electron chi connectivity index (χ0n) is 5.09. The summed E-state index contributed by atoms with van der Waals surface area (Å²) in [5.74, 6) is 0. The summed E-state index contributed by atoms with van der Waals surface area (Å²) in [6.45, 7) is 1.83. The molecule has 2 nitrogen and oxygen atoms in total. The zero-order valence-corrected chi connectivity index (χ0v) is 5.09. The molecule has 2 heteroatoms. The maximum absolute atomic E-state index is 10.0. The predicted octanol–water partition coefficient (Wildman–Crippen LogP) is 0.848. The van der Waals surface area contributed by atoms with Crippen LogP contribution in [0.3, 0.4) is 0 Å². The summed E-state index contributed by atoms with van der Waals surface area (Å²) < 4.78 is 0. The molecule has 1 rings (SSSR count). The first-order chi connectivity index (χ1) is 4.33. The molecule has 0 saturated carbocycles. The first-order valence-corrected chi connectivity index (χ1v) is 2.64. The molecule has 0 amide bonds. The second kappa shape index (κ2) is 2.40. The lowest BCUT2D eigenvalue weighted by Crippen LogP contribution is -1.83.